The molecule has 1 aromatic rings. The predicted octanol–water partition coefficient (Wildman–Crippen LogP) is 3.14. The lowest BCUT2D eigenvalue weighted by Gasteiger charge is -2.41. The van der Waals surface area contributed by atoms with Crippen LogP contribution in [0.5, 0.6) is 5.75 Å². The van der Waals surface area contributed by atoms with E-state index in [2.05, 4.69) is 0 Å². The van der Waals surface area contributed by atoms with Gasteiger partial charge in [0.2, 0.25) is 5.79 Å². The van der Waals surface area contributed by atoms with Crippen LogP contribution < -0.4 is 4.74 Å². The summed E-state index contributed by atoms with van der Waals surface area (Å²) in [4.78, 5) is 27.4. The van der Waals surface area contributed by atoms with Crippen molar-refractivity contribution in [1.29, 1.82) is 0 Å². The van der Waals surface area contributed by atoms with Crippen LogP contribution in [0.15, 0.2) is 29.3 Å². The zero-order chi connectivity index (χ0) is 22.1. The largest absolute Gasteiger partial charge is 0.496 e. The zero-order valence-corrected chi connectivity index (χ0v) is 19.5. The van der Waals surface area contributed by atoms with Crippen molar-refractivity contribution < 1.29 is 33.0 Å². The quantitative estimate of drug-likeness (QED) is 0.504. The maximum absolute atomic E-state index is 13.7. The van der Waals surface area contributed by atoms with Gasteiger partial charge in [-0.25, -0.2) is 0 Å². The number of benzene rings is 1. The highest BCUT2D eigenvalue weighted by atomic mass is 28.4. The number of hydrogen-bond acceptors (Lipinski definition) is 7. The summed E-state index contributed by atoms with van der Waals surface area (Å²) in [5.41, 5.74) is 0.152. The highest BCUT2D eigenvalue weighted by molar-refractivity contribution is 6.69. The third kappa shape index (κ3) is 2.71. The molecule has 3 aliphatic rings. The molecule has 30 heavy (non-hydrogen) atoms. The lowest BCUT2D eigenvalue weighted by atomic mass is 9.70. The van der Waals surface area contributed by atoms with E-state index in [1.165, 1.54) is 14.2 Å². The average Bonchev–Trinajstić information content (AvgIpc) is 3.28. The molecular weight excluding hydrogens is 404 g/mol. The summed E-state index contributed by atoms with van der Waals surface area (Å²) in [7, 11) is 0.859. The Morgan fingerprint density at radius 2 is 1.73 bits per heavy atom. The summed E-state index contributed by atoms with van der Waals surface area (Å²) in [6, 6.07) is 5.02. The molecule has 2 aliphatic carbocycles. The van der Waals surface area contributed by atoms with Gasteiger partial charge in [-0.2, -0.15) is 0 Å². The van der Waals surface area contributed by atoms with E-state index in [0.29, 0.717) is 23.5 Å². The highest BCUT2D eigenvalue weighted by Gasteiger charge is 2.82. The molecule has 4 atom stereocenters. The van der Waals surface area contributed by atoms with Gasteiger partial charge in [0.15, 0.2) is 25.5 Å². The van der Waals surface area contributed by atoms with Crippen LogP contribution in [0.3, 0.4) is 0 Å². The molecule has 0 amide bonds. The van der Waals surface area contributed by atoms with Crippen LogP contribution in [-0.4, -0.2) is 64.3 Å². The Kier molecular flexibility index (Phi) is 4.87. The molecule has 0 aromatic heterocycles. The number of rotatable bonds is 6. The van der Waals surface area contributed by atoms with E-state index in [-0.39, 0.29) is 22.7 Å². The zero-order valence-electron chi connectivity index (χ0n) is 18.5. The van der Waals surface area contributed by atoms with Crippen molar-refractivity contribution in [2.45, 2.75) is 57.1 Å². The number of ketones is 2. The van der Waals surface area contributed by atoms with Crippen molar-refractivity contribution in [3.63, 3.8) is 0 Å². The predicted molar refractivity (Wildman–Crippen MR) is 112 cm³/mol. The topological polar surface area (TPSA) is 83.6 Å². The van der Waals surface area contributed by atoms with E-state index in [1.54, 1.807) is 18.2 Å². The van der Waals surface area contributed by atoms with Gasteiger partial charge in [-0.15, -0.1) is 0 Å². The molecule has 0 bridgehead atoms. The minimum Gasteiger partial charge on any atom is -0.496 e. The molecule has 4 rings (SSSR count). The van der Waals surface area contributed by atoms with Crippen LogP contribution >= 0.6 is 0 Å². The smallest absolute Gasteiger partial charge is 0.223 e. The summed E-state index contributed by atoms with van der Waals surface area (Å²) in [6.45, 7) is 10.2. The summed E-state index contributed by atoms with van der Waals surface area (Å²) in [5.74, 6) is -1.41. The van der Waals surface area contributed by atoms with Crippen LogP contribution in [0.25, 0.3) is 0 Å². The second kappa shape index (κ2) is 6.83. The molecule has 0 radical (unpaired) electrons. The second-order valence-corrected chi connectivity index (χ2v) is 13.3. The fraction of sp³-hybridized carbons (Fsp3) is 0.545. The monoisotopic (exact) mass is 432 g/mol. The Bertz CT molecular complexity index is 963. The van der Waals surface area contributed by atoms with Crippen LogP contribution in [0.1, 0.15) is 34.6 Å². The molecule has 0 spiro atoms. The number of carbonyl (C=O) groups excluding carboxylic acids is 2. The molecule has 7 nitrogen and oxygen atoms in total. The maximum atomic E-state index is 13.7. The minimum absolute atomic E-state index is 0.242. The molecule has 0 N–H and O–H groups in total. The Morgan fingerprint density at radius 1 is 1.07 bits per heavy atom. The van der Waals surface area contributed by atoms with Gasteiger partial charge in [0.25, 0.3) is 0 Å². The standard InChI is InChI=1S/C22H28O7Si/c1-8-27-19-15-16(18(24)14-12(17(15)23)10-9-11-13(14)25-3)20(26-4)22(21(19,2)28-22)29-30(5,6)7/h9-11,19-20H,8H2,1-7H3/t19-,20+,21+,22+/m0/s1. The van der Waals surface area contributed by atoms with Crippen LogP contribution in [-0.2, 0) is 18.6 Å². The molecular formula is C22H28O7Si. The molecule has 0 saturated carbocycles. The molecule has 0 unspecified atom stereocenters. The molecule has 1 fully saturated rings. The van der Waals surface area contributed by atoms with Crippen LogP contribution in [0.4, 0.5) is 0 Å². The third-order valence-corrected chi connectivity index (χ3v) is 6.82. The Hall–Kier alpha value is -1.84. The fourth-order valence-corrected chi connectivity index (χ4v) is 6.05. The number of epoxide rings is 1. The van der Waals surface area contributed by atoms with Crippen molar-refractivity contribution in [3.8, 4) is 5.75 Å². The van der Waals surface area contributed by atoms with Crippen molar-refractivity contribution in [2.75, 3.05) is 20.8 Å². The first-order chi connectivity index (χ1) is 14.1. The molecule has 1 aromatic carbocycles. The highest BCUT2D eigenvalue weighted by Crippen LogP contribution is 2.63. The van der Waals surface area contributed by atoms with E-state index in [1.807, 2.05) is 33.5 Å². The Labute approximate surface area is 177 Å². The summed E-state index contributed by atoms with van der Waals surface area (Å²) >= 11 is 0. The Balaban J connectivity index is 1.97. The normalized spacial score (nSPS) is 32.5. The van der Waals surface area contributed by atoms with Crippen molar-refractivity contribution in [3.05, 3.63) is 40.5 Å². The van der Waals surface area contributed by atoms with Gasteiger partial charge in [-0.1, -0.05) is 12.1 Å². The fourth-order valence-electron chi connectivity index (χ4n) is 4.79. The molecule has 1 aliphatic heterocycles. The van der Waals surface area contributed by atoms with Gasteiger partial charge in [-0.05, 0) is 39.6 Å². The van der Waals surface area contributed by atoms with E-state index in [9.17, 15) is 9.59 Å². The lowest BCUT2D eigenvalue weighted by Crippen LogP contribution is -2.58. The Morgan fingerprint density at radius 3 is 2.30 bits per heavy atom. The number of ether oxygens (including phenoxy) is 4. The van der Waals surface area contributed by atoms with Gasteiger partial charge in [-0.3, -0.25) is 9.59 Å². The summed E-state index contributed by atoms with van der Waals surface area (Å²) < 4.78 is 29.9. The van der Waals surface area contributed by atoms with E-state index in [0.717, 1.165) is 0 Å². The molecule has 1 heterocycles. The first-order valence-corrected chi connectivity index (χ1v) is 13.5. The SMILES string of the molecule is CCO[C@H]1C2=C(C(=O)c3c(OC)cccc3C2=O)[C@@H](OC)[C@]2(O[Si](C)(C)C)O[C@]12C. The summed E-state index contributed by atoms with van der Waals surface area (Å²) in [6.07, 6.45) is -1.59. The minimum atomic E-state index is -2.12. The molecule has 8 heteroatoms. The van der Waals surface area contributed by atoms with Gasteiger partial charge in [0.05, 0.1) is 12.7 Å². The van der Waals surface area contributed by atoms with Crippen LogP contribution in [0.2, 0.25) is 19.6 Å². The molecule has 1 saturated heterocycles. The first-order valence-electron chi connectivity index (χ1n) is 10.1. The first kappa shape index (κ1) is 21.4. The average molecular weight is 433 g/mol. The van der Waals surface area contributed by atoms with E-state index in [4.69, 9.17) is 23.4 Å². The van der Waals surface area contributed by atoms with Gasteiger partial charge in [0.1, 0.15) is 18.0 Å². The number of hydrogen-bond donors (Lipinski definition) is 0. The number of carbonyl (C=O) groups is 2. The van der Waals surface area contributed by atoms with Crippen LogP contribution in [0, 0.1) is 0 Å². The van der Waals surface area contributed by atoms with Gasteiger partial charge < -0.3 is 23.4 Å². The van der Waals surface area contributed by atoms with Crippen molar-refractivity contribution >= 4 is 19.9 Å². The third-order valence-electron chi connectivity index (χ3n) is 5.91. The van der Waals surface area contributed by atoms with Crippen molar-refractivity contribution in [2.24, 2.45) is 0 Å². The van der Waals surface area contributed by atoms with Crippen molar-refractivity contribution in [1.82, 2.24) is 0 Å². The van der Waals surface area contributed by atoms with Gasteiger partial charge in [0, 0.05) is 30.4 Å². The summed E-state index contributed by atoms with van der Waals surface area (Å²) in [5, 5.41) is 0. The second-order valence-electron chi connectivity index (χ2n) is 8.91. The van der Waals surface area contributed by atoms with E-state index >= 15 is 0 Å². The number of Topliss-reactive ketones (excluding diaryl/α,β-unsaturated/α-hetero) is 2. The maximum Gasteiger partial charge on any atom is 0.223 e. The lowest BCUT2D eigenvalue weighted by molar-refractivity contribution is -0.0675. The van der Waals surface area contributed by atoms with E-state index < -0.39 is 31.9 Å². The number of methoxy groups -OCH3 is 2. The number of fused-ring (bicyclic) bond motifs is 2. The molecule has 162 valence electrons. The van der Waals surface area contributed by atoms with Gasteiger partial charge >= 0.3 is 0 Å².